The summed E-state index contributed by atoms with van der Waals surface area (Å²) in [5.41, 5.74) is 8.20. The molecular weight excluding hydrogens is 508 g/mol. The molecule has 11 heteroatoms. The second kappa shape index (κ2) is 17.7. The quantitative estimate of drug-likeness (QED) is 0.140. The molecule has 6 N–H and O–H groups in total. The van der Waals surface area contributed by atoms with Crippen LogP contribution in [0.2, 0.25) is 0 Å². The molecule has 1 amide bonds. The van der Waals surface area contributed by atoms with E-state index in [1.165, 1.54) is 0 Å². The topological polar surface area (TPSA) is 148 Å². The Hall–Kier alpha value is -3.80. The van der Waals surface area contributed by atoms with Gasteiger partial charge in [-0.3, -0.25) is 4.79 Å². The Kier molecular flexibility index (Phi) is 13.6. The summed E-state index contributed by atoms with van der Waals surface area (Å²) in [5.74, 6) is 1.36. The summed E-state index contributed by atoms with van der Waals surface area (Å²) in [7, 11) is 0. The number of nitrogens with one attached hydrogen (secondary N) is 4. The van der Waals surface area contributed by atoms with Crippen molar-refractivity contribution in [2.75, 3.05) is 55.5 Å². The third-order valence-corrected chi connectivity index (χ3v) is 6.03. The largest absolute Gasteiger partial charge is 0.378 e. The summed E-state index contributed by atoms with van der Waals surface area (Å²) >= 11 is 0. The summed E-state index contributed by atoms with van der Waals surface area (Å²) in [6, 6.07) is 18.0. The molecular formula is C29H42N8O3. The number of hydrogen-bond acceptors (Lipinski definition) is 10. The van der Waals surface area contributed by atoms with Crippen molar-refractivity contribution in [1.82, 2.24) is 20.3 Å². The molecule has 0 aliphatic rings. The zero-order chi connectivity index (χ0) is 28.4. The Bertz CT molecular complexity index is 1130. The average Bonchev–Trinajstić information content (AvgIpc) is 2.97. The van der Waals surface area contributed by atoms with Crippen LogP contribution in [0.25, 0.3) is 0 Å². The number of aromatic nitrogens is 3. The fraction of sp³-hybridized carbons (Fsp3) is 0.448. The molecule has 1 heterocycles. The van der Waals surface area contributed by atoms with E-state index in [9.17, 15) is 4.79 Å². The van der Waals surface area contributed by atoms with E-state index in [1.54, 1.807) is 0 Å². The van der Waals surface area contributed by atoms with Crippen LogP contribution in [0.15, 0.2) is 54.6 Å². The maximum Gasteiger partial charge on any atom is 0.233 e. The maximum absolute atomic E-state index is 12.3. The zero-order valence-electron chi connectivity index (χ0n) is 23.5. The smallest absolute Gasteiger partial charge is 0.233 e. The molecule has 2 aromatic carbocycles. The molecule has 0 aliphatic carbocycles. The van der Waals surface area contributed by atoms with Gasteiger partial charge in [0.2, 0.25) is 23.8 Å². The number of benzene rings is 2. The van der Waals surface area contributed by atoms with E-state index in [0.717, 1.165) is 29.7 Å². The number of hydrogen-bond donors (Lipinski definition) is 5. The molecule has 0 saturated heterocycles. The molecule has 0 bridgehead atoms. The minimum absolute atomic E-state index is 0.0626. The van der Waals surface area contributed by atoms with E-state index in [-0.39, 0.29) is 18.4 Å². The van der Waals surface area contributed by atoms with Crippen molar-refractivity contribution in [1.29, 1.82) is 0 Å². The molecule has 40 heavy (non-hydrogen) atoms. The SMILES string of the molecule is CCC(CC)Nc1nc(NCc2ccccc2)nc(Nc2ccc(CC(=O)NCCOCCOCCN)cc2)n1. The molecule has 3 aromatic rings. The van der Waals surface area contributed by atoms with Crippen LogP contribution in [0, 0.1) is 0 Å². The standard InChI is InChI=1S/C29H42N8O3/c1-3-24(4-2)33-28-35-27(32-21-23-8-6-5-7-9-23)36-29(37-28)34-25-12-10-22(11-13-25)20-26(38)31-15-17-40-19-18-39-16-14-30/h5-13,24H,3-4,14-21,30H2,1-2H3,(H,31,38)(H3,32,33,34,35,36,37). The van der Waals surface area contributed by atoms with Crippen LogP contribution in [0.4, 0.5) is 23.5 Å². The predicted molar refractivity (Wildman–Crippen MR) is 159 cm³/mol. The molecule has 216 valence electrons. The van der Waals surface area contributed by atoms with Gasteiger partial charge in [-0.1, -0.05) is 56.3 Å². The lowest BCUT2D eigenvalue weighted by molar-refractivity contribution is -0.120. The molecule has 0 unspecified atom stereocenters. The van der Waals surface area contributed by atoms with Gasteiger partial charge in [-0.2, -0.15) is 15.0 Å². The van der Waals surface area contributed by atoms with Crippen molar-refractivity contribution in [3.8, 4) is 0 Å². The second-order valence-corrected chi connectivity index (χ2v) is 9.17. The van der Waals surface area contributed by atoms with Crippen LogP contribution in [-0.4, -0.2) is 66.4 Å². The average molecular weight is 551 g/mol. The number of carbonyl (C=O) groups excluding carboxylic acids is 1. The van der Waals surface area contributed by atoms with Crippen molar-refractivity contribution in [2.45, 2.75) is 45.7 Å². The first-order valence-electron chi connectivity index (χ1n) is 13.9. The van der Waals surface area contributed by atoms with E-state index < -0.39 is 0 Å². The van der Waals surface area contributed by atoms with Crippen molar-refractivity contribution < 1.29 is 14.3 Å². The van der Waals surface area contributed by atoms with Gasteiger partial charge in [-0.15, -0.1) is 0 Å². The molecule has 0 radical (unpaired) electrons. The van der Waals surface area contributed by atoms with Crippen LogP contribution in [0.5, 0.6) is 0 Å². The number of nitrogens with zero attached hydrogens (tertiary/aromatic N) is 3. The van der Waals surface area contributed by atoms with Crippen molar-refractivity contribution >= 4 is 29.4 Å². The van der Waals surface area contributed by atoms with E-state index in [1.807, 2.05) is 54.6 Å². The van der Waals surface area contributed by atoms with Gasteiger partial charge in [0.05, 0.1) is 32.8 Å². The van der Waals surface area contributed by atoms with Gasteiger partial charge in [0.25, 0.3) is 0 Å². The second-order valence-electron chi connectivity index (χ2n) is 9.17. The zero-order valence-corrected chi connectivity index (χ0v) is 23.5. The fourth-order valence-electron chi connectivity index (χ4n) is 3.78. The van der Waals surface area contributed by atoms with Crippen LogP contribution in [-0.2, 0) is 27.2 Å². The molecule has 11 nitrogen and oxygen atoms in total. The normalized spacial score (nSPS) is 10.9. The van der Waals surface area contributed by atoms with Crippen LogP contribution >= 0.6 is 0 Å². The molecule has 0 saturated carbocycles. The van der Waals surface area contributed by atoms with Crippen molar-refractivity contribution in [2.24, 2.45) is 5.73 Å². The van der Waals surface area contributed by atoms with E-state index in [2.05, 4.69) is 50.1 Å². The number of anilines is 4. The van der Waals surface area contributed by atoms with Crippen molar-refractivity contribution in [3.63, 3.8) is 0 Å². The highest BCUT2D eigenvalue weighted by molar-refractivity contribution is 5.78. The summed E-state index contributed by atoms with van der Waals surface area (Å²) in [5, 5.41) is 12.8. The molecule has 1 aromatic heterocycles. The highest BCUT2D eigenvalue weighted by Crippen LogP contribution is 2.18. The monoisotopic (exact) mass is 550 g/mol. The lowest BCUT2D eigenvalue weighted by Gasteiger charge is -2.16. The maximum atomic E-state index is 12.3. The molecule has 0 spiro atoms. The third kappa shape index (κ3) is 11.5. The van der Waals surface area contributed by atoms with Crippen LogP contribution in [0.3, 0.4) is 0 Å². The number of rotatable bonds is 19. The highest BCUT2D eigenvalue weighted by Gasteiger charge is 2.11. The minimum Gasteiger partial charge on any atom is -0.378 e. The van der Waals surface area contributed by atoms with E-state index in [4.69, 9.17) is 15.2 Å². The van der Waals surface area contributed by atoms with E-state index in [0.29, 0.717) is 63.9 Å². The van der Waals surface area contributed by atoms with Crippen molar-refractivity contribution in [3.05, 3.63) is 65.7 Å². The Morgan fingerprint density at radius 2 is 1.50 bits per heavy atom. The van der Waals surface area contributed by atoms with Gasteiger partial charge in [0.1, 0.15) is 0 Å². The van der Waals surface area contributed by atoms with Gasteiger partial charge >= 0.3 is 0 Å². The fourth-order valence-corrected chi connectivity index (χ4v) is 3.78. The first-order valence-corrected chi connectivity index (χ1v) is 13.9. The van der Waals surface area contributed by atoms with Gasteiger partial charge < -0.3 is 36.5 Å². The first-order chi connectivity index (χ1) is 19.6. The van der Waals surface area contributed by atoms with Gasteiger partial charge in [0, 0.05) is 31.4 Å². The van der Waals surface area contributed by atoms with Gasteiger partial charge in [-0.05, 0) is 36.1 Å². The Morgan fingerprint density at radius 1 is 0.825 bits per heavy atom. The lowest BCUT2D eigenvalue weighted by atomic mass is 10.1. The van der Waals surface area contributed by atoms with Crippen LogP contribution in [0.1, 0.15) is 37.8 Å². The summed E-state index contributed by atoms with van der Waals surface area (Å²) in [6.07, 6.45) is 2.21. The Balaban J connectivity index is 1.54. The number of amides is 1. The summed E-state index contributed by atoms with van der Waals surface area (Å²) < 4.78 is 10.7. The minimum atomic E-state index is -0.0626. The summed E-state index contributed by atoms with van der Waals surface area (Å²) in [6.45, 7) is 7.73. The number of nitrogens with two attached hydrogens (primary N) is 1. The Labute approximate surface area is 236 Å². The molecule has 0 atom stereocenters. The lowest BCUT2D eigenvalue weighted by Crippen LogP contribution is -2.29. The Morgan fingerprint density at radius 3 is 2.20 bits per heavy atom. The molecule has 3 rings (SSSR count). The number of carbonyl (C=O) groups is 1. The van der Waals surface area contributed by atoms with Gasteiger partial charge in [-0.25, -0.2) is 0 Å². The first kappa shape index (κ1) is 30.7. The van der Waals surface area contributed by atoms with Crippen LogP contribution < -0.4 is 27.0 Å². The van der Waals surface area contributed by atoms with Gasteiger partial charge in [0.15, 0.2) is 0 Å². The highest BCUT2D eigenvalue weighted by atomic mass is 16.5. The number of ether oxygens (including phenoxy) is 2. The molecule has 0 aliphatic heterocycles. The van der Waals surface area contributed by atoms with E-state index >= 15 is 0 Å². The molecule has 0 fully saturated rings. The predicted octanol–water partition coefficient (Wildman–Crippen LogP) is 3.48. The summed E-state index contributed by atoms with van der Waals surface area (Å²) in [4.78, 5) is 26.0. The third-order valence-electron chi connectivity index (χ3n) is 6.03.